The van der Waals surface area contributed by atoms with E-state index in [1.807, 2.05) is 43.3 Å². The highest BCUT2D eigenvalue weighted by Crippen LogP contribution is 2.33. The molecule has 3 heterocycles. The van der Waals surface area contributed by atoms with E-state index in [9.17, 15) is 14.4 Å². The van der Waals surface area contributed by atoms with Crippen molar-refractivity contribution in [3.05, 3.63) is 83.7 Å². The summed E-state index contributed by atoms with van der Waals surface area (Å²) >= 11 is 0. The Balaban J connectivity index is 1.42. The number of hydrogen-bond donors (Lipinski definition) is 1. The van der Waals surface area contributed by atoms with Crippen molar-refractivity contribution in [2.75, 3.05) is 33.3 Å². The van der Waals surface area contributed by atoms with Crippen LogP contribution in [0.5, 0.6) is 17.2 Å². The molecule has 2 atom stereocenters. The number of nitrogens with one attached hydrogen (secondary N) is 1. The molecule has 42 heavy (non-hydrogen) atoms. The molecule has 1 saturated heterocycles. The van der Waals surface area contributed by atoms with Crippen molar-refractivity contribution in [3.8, 4) is 17.2 Å². The lowest BCUT2D eigenvalue weighted by Crippen LogP contribution is -2.57. The number of rotatable bonds is 5. The fourth-order valence-corrected chi connectivity index (χ4v) is 5.32. The lowest BCUT2D eigenvalue weighted by molar-refractivity contribution is -0.137. The molecule has 3 aromatic rings. The minimum absolute atomic E-state index is 0.0197. The average molecular weight is 573 g/mol. The summed E-state index contributed by atoms with van der Waals surface area (Å²) in [6, 6.07) is 15.9. The Morgan fingerprint density at radius 1 is 1.14 bits per heavy atom. The van der Waals surface area contributed by atoms with Gasteiger partial charge >= 0.3 is 0 Å². The van der Waals surface area contributed by atoms with Crippen LogP contribution in [0.3, 0.4) is 0 Å². The van der Waals surface area contributed by atoms with Crippen LogP contribution in [0.4, 0.5) is 0 Å². The van der Waals surface area contributed by atoms with Gasteiger partial charge in [-0.2, -0.15) is 0 Å². The predicted octanol–water partition coefficient (Wildman–Crippen LogP) is 3.59. The molecule has 2 aliphatic rings. The zero-order valence-electron chi connectivity index (χ0n) is 24.0. The summed E-state index contributed by atoms with van der Waals surface area (Å²) in [6.45, 7) is 3.36. The van der Waals surface area contributed by atoms with E-state index >= 15 is 0 Å². The number of fused-ring (bicyclic) bond motifs is 5. The molecule has 220 valence electrons. The first kappa shape index (κ1) is 29.1. The van der Waals surface area contributed by atoms with Gasteiger partial charge in [0.25, 0.3) is 5.91 Å². The number of nitrogens with zero attached hydrogens (tertiary/aromatic N) is 3. The Labute approximate surface area is 245 Å². The van der Waals surface area contributed by atoms with Gasteiger partial charge < -0.3 is 29.3 Å². The monoisotopic (exact) mass is 572 g/mol. The lowest BCUT2D eigenvalue weighted by Gasteiger charge is -2.39. The summed E-state index contributed by atoms with van der Waals surface area (Å²) in [5.74, 6) is 0.875. The van der Waals surface area contributed by atoms with E-state index in [1.165, 1.54) is 4.90 Å². The zero-order valence-corrected chi connectivity index (χ0v) is 24.0. The number of hydrogen-bond acceptors (Lipinski definition) is 7. The van der Waals surface area contributed by atoms with Crippen molar-refractivity contribution in [2.24, 2.45) is 0 Å². The molecule has 1 fully saturated rings. The quantitative estimate of drug-likeness (QED) is 0.498. The van der Waals surface area contributed by atoms with Crippen LogP contribution < -0.4 is 14.8 Å². The third-order valence-electron chi connectivity index (χ3n) is 7.45. The number of aromatic nitrogens is 1. The molecular formula is C32H36N4O6. The number of pyridine rings is 1. The fraction of sp³-hybridized carbons (Fsp3) is 0.375. The summed E-state index contributed by atoms with van der Waals surface area (Å²) in [7, 11) is 1.54. The van der Waals surface area contributed by atoms with E-state index in [4.69, 9.17) is 14.2 Å². The van der Waals surface area contributed by atoms with Crippen molar-refractivity contribution >= 4 is 17.7 Å². The van der Waals surface area contributed by atoms with Crippen LogP contribution in [0.25, 0.3) is 0 Å². The molecule has 2 aliphatic heterocycles. The van der Waals surface area contributed by atoms with E-state index in [2.05, 4.69) is 10.3 Å². The van der Waals surface area contributed by atoms with Crippen LogP contribution in [-0.4, -0.2) is 77.9 Å². The number of piperidine rings is 1. The highest BCUT2D eigenvalue weighted by atomic mass is 16.5. The number of likely N-dealkylation sites (tertiary alicyclic amines) is 1. The maximum atomic E-state index is 13.5. The topological polar surface area (TPSA) is 110 Å². The molecule has 3 amide bonds. The van der Waals surface area contributed by atoms with Crippen LogP contribution in [0.15, 0.2) is 67.0 Å². The summed E-state index contributed by atoms with van der Waals surface area (Å²) < 4.78 is 18.0. The largest absolute Gasteiger partial charge is 0.493 e. The first-order valence-electron chi connectivity index (χ1n) is 14.2. The van der Waals surface area contributed by atoms with Crippen molar-refractivity contribution in [1.82, 2.24) is 20.1 Å². The second-order valence-corrected chi connectivity index (χ2v) is 10.5. The van der Waals surface area contributed by atoms with Crippen molar-refractivity contribution in [2.45, 2.75) is 44.9 Å². The molecule has 2 aromatic carbocycles. The molecule has 0 spiro atoms. The SMILES string of the molecule is CCCN1CC(=O)N[C@H]2CCN(C(=O)Cc3cccnc3)C[C@@H]2OCc2cccc(c2)Oc2cc(ccc2OC)C1=O. The van der Waals surface area contributed by atoms with Crippen LogP contribution in [-0.2, 0) is 27.4 Å². The fourth-order valence-electron chi connectivity index (χ4n) is 5.32. The molecule has 1 N–H and O–H groups in total. The predicted molar refractivity (Wildman–Crippen MR) is 155 cm³/mol. The zero-order chi connectivity index (χ0) is 29.5. The molecule has 1 aromatic heterocycles. The van der Waals surface area contributed by atoms with Gasteiger partial charge in [-0.05, 0) is 60.4 Å². The number of carbonyl (C=O) groups is 3. The molecular weight excluding hydrogens is 536 g/mol. The summed E-state index contributed by atoms with van der Waals surface area (Å²) in [4.78, 5) is 47.4. The standard InChI is InChI=1S/C32H36N4O6/c1-3-13-36-20-30(37)34-26-11-14-35(31(38)16-22-7-5-12-33-18-22)19-29(26)41-21-23-6-4-8-25(15-23)42-28-17-24(32(36)39)9-10-27(28)40-2/h4-10,12,15,17-18,26,29H,3,11,13-14,16,19-21H2,1-2H3,(H,34,37)/t26-,29-/m0/s1. The maximum absolute atomic E-state index is 13.5. The third kappa shape index (κ3) is 7.06. The minimum atomic E-state index is -0.443. The number of methoxy groups -OCH3 is 1. The molecule has 0 aliphatic carbocycles. The van der Waals surface area contributed by atoms with E-state index in [-0.39, 0.29) is 43.3 Å². The number of benzene rings is 2. The Morgan fingerprint density at radius 2 is 2.02 bits per heavy atom. The Kier molecular flexibility index (Phi) is 9.33. The van der Waals surface area contributed by atoms with Gasteiger partial charge in [-0.25, -0.2) is 0 Å². The van der Waals surface area contributed by atoms with Crippen LogP contribution in [0.1, 0.15) is 41.3 Å². The third-order valence-corrected chi connectivity index (χ3v) is 7.45. The first-order valence-corrected chi connectivity index (χ1v) is 14.2. The normalized spacial score (nSPS) is 19.4. The molecule has 10 heteroatoms. The van der Waals surface area contributed by atoms with E-state index in [0.717, 1.165) is 11.1 Å². The number of ether oxygens (including phenoxy) is 3. The second kappa shape index (κ2) is 13.5. The van der Waals surface area contributed by atoms with Gasteiger partial charge in [-0.15, -0.1) is 0 Å². The summed E-state index contributed by atoms with van der Waals surface area (Å²) in [5.41, 5.74) is 2.11. The Bertz CT molecular complexity index is 1420. The smallest absolute Gasteiger partial charge is 0.254 e. The maximum Gasteiger partial charge on any atom is 0.254 e. The van der Waals surface area contributed by atoms with Crippen molar-refractivity contribution < 1.29 is 28.6 Å². The Morgan fingerprint density at radius 3 is 2.81 bits per heavy atom. The number of carbonyl (C=O) groups excluding carboxylic acids is 3. The molecule has 5 rings (SSSR count). The van der Waals surface area contributed by atoms with Crippen LogP contribution in [0.2, 0.25) is 0 Å². The average Bonchev–Trinajstić information content (AvgIpc) is 3.00. The van der Waals surface area contributed by atoms with Crippen LogP contribution >= 0.6 is 0 Å². The molecule has 0 radical (unpaired) electrons. The van der Waals surface area contributed by atoms with E-state index < -0.39 is 6.10 Å². The van der Waals surface area contributed by atoms with Crippen molar-refractivity contribution in [3.63, 3.8) is 0 Å². The van der Waals surface area contributed by atoms with Gasteiger partial charge in [0.1, 0.15) is 5.75 Å². The van der Waals surface area contributed by atoms with Gasteiger partial charge in [0, 0.05) is 37.6 Å². The van der Waals surface area contributed by atoms with Gasteiger partial charge in [0.2, 0.25) is 11.8 Å². The van der Waals surface area contributed by atoms with Gasteiger partial charge in [0.05, 0.1) is 38.8 Å². The molecule has 0 saturated carbocycles. The molecule has 4 bridgehead atoms. The van der Waals surface area contributed by atoms with Gasteiger partial charge in [-0.3, -0.25) is 19.4 Å². The van der Waals surface area contributed by atoms with E-state index in [0.29, 0.717) is 55.3 Å². The highest BCUT2D eigenvalue weighted by Gasteiger charge is 2.34. The molecule has 0 unspecified atom stereocenters. The van der Waals surface area contributed by atoms with Gasteiger partial charge in [0.15, 0.2) is 11.5 Å². The lowest BCUT2D eigenvalue weighted by atomic mass is 10.0. The van der Waals surface area contributed by atoms with Crippen molar-refractivity contribution in [1.29, 1.82) is 0 Å². The Hall–Kier alpha value is -4.44. The number of amides is 3. The van der Waals surface area contributed by atoms with E-state index in [1.54, 1.807) is 42.6 Å². The minimum Gasteiger partial charge on any atom is -0.493 e. The second-order valence-electron chi connectivity index (χ2n) is 10.5. The van der Waals surface area contributed by atoms with Gasteiger partial charge in [-0.1, -0.05) is 25.1 Å². The first-order chi connectivity index (χ1) is 20.4. The highest BCUT2D eigenvalue weighted by molar-refractivity contribution is 5.97. The summed E-state index contributed by atoms with van der Waals surface area (Å²) in [6.07, 6.45) is 4.39. The molecule has 10 nitrogen and oxygen atoms in total. The van der Waals surface area contributed by atoms with Crippen LogP contribution in [0, 0.1) is 0 Å². The summed E-state index contributed by atoms with van der Waals surface area (Å²) in [5, 5.41) is 3.10.